The molecule has 1 N–H and O–H groups in total. The van der Waals surface area contributed by atoms with Gasteiger partial charge in [0.25, 0.3) is 0 Å². The van der Waals surface area contributed by atoms with E-state index in [1.807, 2.05) is 6.07 Å². The molecule has 2 saturated heterocycles. The zero-order chi connectivity index (χ0) is 28.6. The standard InChI is InChI=1S/C33H44ClN5O2/c1-3-5-19-40-33(41-20-6-4-2)25-13-17-39(18-14-25)30-10-7-26(22-36-30)24-11-15-38(16-12-24)29-9-8-28(34)31-27(21-35)23-37-32(29)31/h7-10,22-25,33,37H,3-6,11-20H2,1-2H3. The van der Waals surface area contributed by atoms with Gasteiger partial charge in [0.2, 0.25) is 0 Å². The van der Waals surface area contributed by atoms with Gasteiger partial charge in [-0.05, 0) is 68.2 Å². The van der Waals surface area contributed by atoms with E-state index in [2.05, 4.69) is 59.1 Å². The van der Waals surface area contributed by atoms with E-state index in [-0.39, 0.29) is 6.29 Å². The Morgan fingerprint density at radius 1 is 0.976 bits per heavy atom. The van der Waals surface area contributed by atoms with Gasteiger partial charge in [-0.25, -0.2) is 4.98 Å². The van der Waals surface area contributed by atoms with Crippen molar-refractivity contribution in [2.75, 3.05) is 49.2 Å². The van der Waals surface area contributed by atoms with Crippen LogP contribution in [0.25, 0.3) is 10.9 Å². The van der Waals surface area contributed by atoms with Crippen LogP contribution < -0.4 is 9.80 Å². The Labute approximate surface area is 249 Å². The molecule has 8 heteroatoms. The highest BCUT2D eigenvalue weighted by Crippen LogP contribution is 2.37. The molecule has 4 heterocycles. The topological polar surface area (TPSA) is 77.4 Å². The number of nitriles is 1. The summed E-state index contributed by atoms with van der Waals surface area (Å²) in [6.45, 7) is 9.86. The molecule has 41 heavy (non-hydrogen) atoms. The van der Waals surface area contributed by atoms with Crippen molar-refractivity contribution >= 4 is 34.0 Å². The number of aromatic amines is 1. The monoisotopic (exact) mass is 577 g/mol. The van der Waals surface area contributed by atoms with Crippen LogP contribution in [0.3, 0.4) is 0 Å². The molecule has 0 spiro atoms. The Morgan fingerprint density at radius 2 is 1.66 bits per heavy atom. The number of rotatable bonds is 12. The molecule has 3 aromatic rings. The average Bonchev–Trinajstić information content (AvgIpc) is 3.46. The lowest BCUT2D eigenvalue weighted by Crippen LogP contribution is -2.40. The van der Waals surface area contributed by atoms with Gasteiger partial charge in [0.05, 0.1) is 21.8 Å². The maximum absolute atomic E-state index is 9.46. The normalized spacial score (nSPS) is 17.0. The highest BCUT2D eigenvalue weighted by molar-refractivity contribution is 6.36. The van der Waals surface area contributed by atoms with Gasteiger partial charge in [-0.2, -0.15) is 5.26 Å². The van der Waals surface area contributed by atoms with Gasteiger partial charge in [0, 0.05) is 63.1 Å². The minimum atomic E-state index is -0.0779. The Bertz CT molecular complexity index is 1280. The van der Waals surface area contributed by atoms with Crippen LogP contribution in [0.15, 0.2) is 36.7 Å². The van der Waals surface area contributed by atoms with Gasteiger partial charge >= 0.3 is 0 Å². The predicted molar refractivity (Wildman–Crippen MR) is 167 cm³/mol. The maximum Gasteiger partial charge on any atom is 0.160 e. The van der Waals surface area contributed by atoms with Crippen molar-refractivity contribution in [1.29, 1.82) is 5.26 Å². The zero-order valence-corrected chi connectivity index (χ0v) is 25.3. The molecule has 0 atom stereocenters. The van der Waals surface area contributed by atoms with Gasteiger partial charge in [-0.1, -0.05) is 44.4 Å². The number of aromatic nitrogens is 2. The van der Waals surface area contributed by atoms with Crippen LogP contribution in [0.5, 0.6) is 0 Å². The van der Waals surface area contributed by atoms with E-state index in [1.165, 1.54) is 5.56 Å². The van der Waals surface area contributed by atoms with Crippen LogP contribution in [0.4, 0.5) is 11.5 Å². The van der Waals surface area contributed by atoms with Crippen LogP contribution in [0.2, 0.25) is 5.02 Å². The number of pyridine rings is 1. The number of halogens is 1. The van der Waals surface area contributed by atoms with E-state index < -0.39 is 0 Å². The lowest BCUT2D eigenvalue weighted by molar-refractivity contribution is -0.177. The molecular formula is C33H44ClN5O2. The summed E-state index contributed by atoms with van der Waals surface area (Å²) in [7, 11) is 0. The largest absolute Gasteiger partial charge is 0.370 e. The number of nitrogens with one attached hydrogen (secondary N) is 1. The third-order valence-corrected chi connectivity index (χ3v) is 9.08. The van der Waals surface area contributed by atoms with Crippen molar-refractivity contribution in [3.05, 3.63) is 52.8 Å². The number of unbranched alkanes of at least 4 members (excludes halogenated alkanes) is 2. The summed E-state index contributed by atoms with van der Waals surface area (Å²) in [4.78, 5) is 13.0. The number of ether oxygens (including phenoxy) is 2. The molecule has 0 saturated carbocycles. The first kappa shape index (κ1) is 29.7. The van der Waals surface area contributed by atoms with E-state index in [1.54, 1.807) is 6.20 Å². The molecule has 7 nitrogen and oxygen atoms in total. The summed E-state index contributed by atoms with van der Waals surface area (Å²) in [5.74, 6) is 2.02. The number of fused-ring (bicyclic) bond motifs is 1. The molecule has 0 amide bonds. The molecule has 0 radical (unpaired) electrons. The summed E-state index contributed by atoms with van der Waals surface area (Å²) in [5.41, 5.74) is 3.99. The number of piperidine rings is 2. The smallest absolute Gasteiger partial charge is 0.160 e. The van der Waals surface area contributed by atoms with Crippen LogP contribution in [-0.2, 0) is 9.47 Å². The Morgan fingerprint density at radius 3 is 2.27 bits per heavy atom. The third-order valence-electron chi connectivity index (χ3n) is 8.77. The fourth-order valence-corrected chi connectivity index (χ4v) is 6.49. The second kappa shape index (κ2) is 14.4. The Kier molecular flexibility index (Phi) is 10.4. The SMILES string of the molecule is CCCCOC(OCCCC)C1CCN(c2ccc(C3CCN(c4ccc(Cl)c5c(C#N)c[nH]c45)CC3)cn2)CC1. The van der Waals surface area contributed by atoms with Gasteiger partial charge in [0.1, 0.15) is 11.9 Å². The zero-order valence-electron chi connectivity index (χ0n) is 24.6. The highest BCUT2D eigenvalue weighted by atomic mass is 35.5. The van der Waals surface area contributed by atoms with Crippen molar-refractivity contribution < 1.29 is 9.47 Å². The lowest BCUT2D eigenvalue weighted by atomic mass is 9.90. The predicted octanol–water partition coefficient (Wildman–Crippen LogP) is 7.65. The van der Waals surface area contributed by atoms with Crippen LogP contribution in [-0.4, -0.2) is 55.7 Å². The van der Waals surface area contributed by atoms with E-state index in [9.17, 15) is 5.26 Å². The first-order valence-electron chi connectivity index (χ1n) is 15.5. The van der Waals surface area contributed by atoms with Gasteiger partial charge in [0.15, 0.2) is 6.29 Å². The molecular weight excluding hydrogens is 534 g/mol. The highest BCUT2D eigenvalue weighted by Gasteiger charge is 2.29. The summed E-state index contributed by atoms with van der Waals surface area (Å²) in [6, 6.07) is 10.7. The van der Waals surface area contributed by atoms with Crippen molar-refractivity contribution in [2.45, 2.75) is 77.4 Å². The molecule has 2 aromatic heterocycles. The number of hydrogen-bond acceptors (Lipinski definition) is 6. The first-order valence-corrected chi connectivity index (χ1v) is 15.9. The summed E-state index contributed by atoms with van der Waals surface area (Å²) in [6.07, 6.45) is 12.5. The van der Waals surface area contributed by atoms with Gasteiger partial charge < -0.3 is 24.3 Å². The number of anilines is 2. The summed E-state index contributed by atoms with van der Waals surface area (Å²) < 4.78 is 12.4. The minimum absolute atomic E-state index is 0.0779. The molecule has 2 aliphatic rings. The molecule has 0 bridgehead atoms. The van der Waals surface area contributed by atoms with Crippen LogP contribution in [0, 0.1) is 17.2 Å². The van der Waals surface area contributed by atoms with Crippen LogP contribution >= 0.6 is 11.6 Å². The summed E-state index contributed by atoms with van der Waals surface area (Å²) >= 11 is 6.42. The van der Waals surface area contributed by atoms with Gasteiger partial charge in [-0.3, -0.25) is 0 Å². The van der Waals surface area contributed by atoms with Crippen molar-refractivity contribution in [3.8, 4) is 6.07 Å². The molecule has 2 aliphatic heterocycles. The Hall–Kier alpha value is -2.79. The number of benzene rings is 1. The Balaban J connectivity index is 1.14. The average molecular weight is 578 g/mol. The lowest BCUT2D eigenvalue weighted by Gasteiger charge is -2.36. The molecule has 5 rings (SSSR count). The fraction of sp³-hybridized carbons (Fsp3) is 0.576. The fourth-order valence-electron chi connectivity index (χ4n) is 6.23. The van der Waals surface area contributed by atoms with E-state index in [4.69, 9.17) is 26.1 Å². The summed E-state index contributed by atoms with van der Waals surface area (Å²) in [5, 5.41) is 10.9. The second-order valence-corrected chi connectivity index (χ2v) is 11.9. The number of nitrogens with zero attached hydrogens (tertiary/aromatic N) is 4. The second-order valence-electron chi connectivity index (χ2n) is 11.5. The number of hydrogen-bond donors (Lipinski definition) is 1. The minimum Gasteiger partial charge on any atom is -0.370 e. The van der Waals surface area contributed by atoms with Crippen molar-refractivity contribution in [2.24, 2.45) is 5.92 Å². The third kappa shape index (κ3) is 6.99. The quantitative estimate of drug-likeness (QED) is 0.176. The molecule has 2 fully saturated rings. The molecule has 0 aliphatic carbocycles. The van der Waals surface area contributed by atoms with Crippen molar-refractivity contribution in [3.63, 3.8) is 0 Å². The van der Waals surface area contributed by atoms with E-state index in [0.717, 1.165) is 113 Å². The molecule has 220 valence electrons. The first-order chi connectivity index (χ1) is 20.1. The van der Waals surface area contributed by atoms with Crippen LogP contribution in [0.1, 0.15) is 82.3 Å². The molecule has 0 unspecified atom stereocenters. The van der Waals surface area contributed by atoms with E-state index in [0.29, 0.717) is 22.4 Å². The maximum atomic E-state index is 9.46. The van der Waals surface area contributed by atoms with Crippen molar-refractivity contribution in [1.82, 2.24) is 9.97 Å². The van der Waals surface area contributed by atoms with E-state index >= 15 is 0 Å². The molecule has 1 aromatic carbocycles. The number of H-pyrrole nitrogens is 1. The van der Waals surface area contributed by atoms with Gasteiger partial charge in [-0.15, -0.1) is 0 Å².